The number of fused-ring (bicyclic) bond motifs is 1. The molecule has 0 unspecified atom stereocenters. The summed E-state index contributed by atoms with van der Waals surface area (Å²) in [7, 11) is 0. The number of benzene rings is 2. The van der Waals surface area contributed by atoms with Crippen molar-refractivity contribution in [1.82, 2.24) is 5.32 Å². The summed E-state index contributed by atoms with van der Waals surface area (Å²) in [6, 6.07) is 12.4. The number of aliphatic hydroxyl groups excluding tert-OH is 1. The number of carbonyl (C=O) groups excluding carboxylic acids is 1. The molecular formula is C17H18N2O4S. The van der Waals surface area contributed by atoms with Gasteiger partial charge in [-0.3, -0.25) is 0 Å². The molecule has 0 saturated heterocycles. The molecule has 6 nitrogen and oxygen atoms in total. The first-order valence-corrected chi connectivity index (χ1v) is 8.64. The molecule has 3 rings (SSSR count). The highest BCUT2D eigenvalue weighted by atomic mass is 32.2. The lowest BCUT2D eigenvalue weighted by Crippen LogP contribution is -2.32. The van der Waals surface area contributed by atoms with Crippen molar-refractivity contribution >= 4 is 23.5 Å². The molecule has 0 radical (unpaired) electrons. The van der Waals surface area contributed by atoms with Gasteiger partial charge in [0.1, 0.15) is 0 Å². The van der Waals surface area contributed by atoms with E-state index in [2.05, 4.69) is 10.6 Å². The van der Waals surface area contributed by atoms with Crippen molar-refractivity contribution in [2.45, 2.75) is 11.0 Å². The smallest absolute Gasteiger partial charge is 0.319 e. The van der Waals surface area contributed by atoms with Crippen molar-refractivity contribution in [2.75, 3.05) is 24.9 Å². The average molecular weight is 346 g/mol. The van der Waals surface area contributed by atoms with Gasteiger partial charge in [-0.2, -0.15) is 0 Å². The molecule has 1 heterocycles. The van der Waals surface area contributed by atoms with E-state index < -0.39 is 12.1 Å². The van der Waals surface area contributed by atoms with Crippen LogP contribution in [-0.4, -0.2) is 30.7 Å². The number of ether oxygens (including phenoxy) is 2. The normalized spacial score (nSPS) is 13.4. The van der Waals surface area contributed by atoms with Gasteiger partial charge in [0.25, 0.3) is 0 Å². The predicted molar refractivity (Wildman–Crippen MR) is 92.8 cm³/mol. The van der Waals surface area contributed by atoms with E-state index in [0.717, 1.165) is 10.5 Å². The Labute approximate surface area is 144 Å². The molecule has 0 aliphatic carbocycles. The van der Waals surface area contributed by atoms with Crippen molar-refractivity contribution in [3.05, 3.63) is 48.0 Å². The Morgan fingerprint density at radius 2 is 1.96 bits per heavy atom. The molecule has 1 aliphatic heterocycles. The van der Waals surface area contributed by atoms with Crippen molar-refractivity contribution in [1.29, 1.82) is 0 Å². The fraction of sp³-hybridized carbons (Fsp3) is 0.235. The van der Waals surface area contributed by atoms with Crippen LogP contribution in [0.1, 0.15) is 11.7 Å². The number of urea groups is 1. The maximum Gasteiger partial charge on any atom is 0.319 e. The van der Waals surface area contributed by atoms with Gasteiger partial charge in [-0.15, -0.1) is 11.8 Å². The zero-order valence-electron chi connectivity index (χ0n) is 13.1. The van der Waals surface area contributed by atoms with Crippen LogP contribution in [-0.2, 0) is 0 Å². The van der Waals surface area contributed by atoms with Crippen molar-refractivity contribution in [3.63, 3.8) is 0 Å². The third-order valence-corrected chi connectivity index (χ3v) is 4.33. The van der Waals surface area contributed by atoms with Gasteiger partial charge in [0.2, 0.25) is 6.79 Å². The Morgan fingerprint density at radius 1 is 1.21 bits per heavy atom. The highest BCUT2D eigenvalue weighted by Crippen LogP contribution is 2.34. The number of nitrogens with one attached hydrogen (secondary N) is 2. The van der Waals surface area contributed by atoms with Gasteiger partial charge in [0.15, 0.2) is 11.5 Å². The molecule has 1 atom stereocenters. The number of hydrogen-bond donors (Lipinski definition) is 3. The number of aliphatic hydroxyl groups is 1. The summed E-state index contributed by atoms with van der Waals surface area (Å²) in [5, 5.41) is 15.5. The van der Waals surface area contributed by atoms with Crippen LogP contribution in [0.5, 0.6) is 11.5 Å². The van der Waals surface area contributed by atoms with Gasteiger partial charge in [0, 0.05) is 23.2 Å². The van der Waals surface area contributed by atoms with Crippen LogP contribution in [0.25, 0.3) is 0 Å². The van der Waals surface area contributed by atoms with Crippen molar-refractivity contribution in [2.24, 2.45) is 0 Å². The zero-order chi connectivity index (χ0) is 16.9. The largest absolute Gasteiger partial charge is 0.454 e. The van der Waals surface area contributed by atoms with Gasteiger partial charge in [0.05, 0.1) is 6.10 Å². The van der Waals surface area contributed by atoms with Crippen LogP contribution >= 0.6 is 11.8 Å². The second-order valence-corrected chi connectivity index (χ2v) is 6.07. The maximum absolute atomic E-state index is 11.9. The minimum atomic E-state index is -0.761. The van der Waals surface area contributed by atoms with E-state index in [1.807, 2.05) is 30.5 Å². The second-order valence-electron chi connectivity index (χ2n) is 5.19. The van der Waals surface area contributed by atoms with Gasteiger partial charge < -0.3 is 25.2 Å². The molecule has 126 valence electrons. The second kappa shape index (κ2) is 7.46. The average Bonchev–Trinajstić information content (AvgIpc) is 3.07. The summed E-state index contributed by atoms with van der Waals surface area (Å²) in [5.41, 5.74) is 1.35. The summed E-state index contributed by atoms with van der Waals surface area (Å²) in [4.78, 5) is 13.1. The molecule has 0 spiro atoms. The van der Waals surface area contributed by atoms with E-state index in [9.17, 15) is 9.90 Å². The maximum atomic E-state index is 11.9. The van der Waals surface area contributed by atoms with Gasteiger partial charge in [-0.1, -0.05) is 12.1 Å². The lowest BCUT2D eigenvalue weighted by atomic mass is 10.1. The Hall–Kier alpha value is -2.38. The van der Waals surface area contributed by atoms with Crippen LogP contribution in [0, 0.1) is 0 Å². The first-order chi connectivity index (χ1) is 11.7. The van der Waals surface area contributed by atoms with E-state index in [1.54, 1.807) is 30.0 Å². The molecule has 0 fully saturated rings. The number of anilines is 1. The molecule has 24 heavy (non-hydrogen) atoms. The molecule has 2 aromatic rings. The summed E-state index contributed by atoms with van der Waals surface area (Å²) < 4.78 is 10.5. The SMILES string of the molecule is CSc1ccc([C@@H](O)CNC(=O)Nc2ccc3c(c2)OCO3)cc1. The topological polar surface area (TPSA) is 79.8 Å². The lowest BCUT2D eigenvalue weighted by Gasteiger charge is -2.13. The van der Waals surface area contributed by atoms with E-state index in [4.69, 9.17) is 9.47 Å². The van der Waals surface area contributed by atoms with Crippen LogP contribution in [0.3, 0.4) is 0 Å². The third kappa shape index (κ3) is 3.93. The van der Waals surface area contributed by atoms with E-state index in [1.165, 1.54) is 0 Å². The molecular weight excluding hydrogens is 328 g/mol. The van der Waals surface area contributed by atoms with Crippen molar-refractivity contribution in [3.8, 4) is 11.5 Å². The van der Waals surface area contributed by atoms with Gasteiger partial charge in [-0.05, 0) is 36.1 Å². The van der Waals surface area contributed by atoms with Gasteiger partial charge >= 0.3 is 6.03 Å². The first-order valence-electron chi connectivity index (χ1n) is 7.42. The fourth-order valence-corrected chi connectivity index (χ4v) is 2.69. The minimum absolute atomic E-state index is 0.120. The molecule has 0 bridgehead atoms. The third-order valence-electron chi connectivity index (χ3n) is 3.59. The van der Waals surface area contributed by atoms with Crippen LogP contribution in [0.15, 0.2) is 47.4 Å². The minimum Gasteiger partial charge on any atom is -0.454 e. The van der Waals surface area contributed by atoms with Crippen LogP contribution in [0.2, 0.25) is 0 Å². The van der Waals surface area contributed by atoms with E-state index in [0.29, 0.717) is 17.2 Å². The standard InChI is InChI=1S/C17H18N2O4S/c1-24-13-5-2-11(3-6-13)14(20)9-18-17(21)19-12-4-7-15-16(8-12)23-10-22-15/h2-8,14,20H,9-10H2,1H3,(H2,18,19,21)/t14-/m0/s1. The molecule has 7 heteroatoms. The number of rotatable bonds is 5. The van der Waals surface area contributed by atoms with Gasteiger partial charge in [-0.25, -0.2) is 4.79 Å². The Balaban J connectivity index is 1.51. The Morgan fingerprint density at radius 3 is 2.71 bits per heavy atom. The molecule has 0 aromatic heterocycles. The summed E-state index contributed by atoms with van der Waals surface area (Å²) in [6.07, 6.45) is 1.23. The molecule has 3 N–H and O–H groups in total. The Bertz CT molecular complexity index is 721. The lowest BCUT2D eigenvalue weighted by molar-refractivity contribution is 0.174. The van der Waals surface area contributed by atoms with Crippen LogP contribution in [0.4, 0.5) is 10.5 Å². The molecule has 1 aliphatic rings. The first kappa shape index (κ1) is 16.5. The number of carbonyl (C=O) groups is 1. The quantitative estimate of drug-likeness (QED) is 0.725. The number of amides is 2. The monoisotopic (exact) mass is 346 g/mol. The summed E-state index contributed by atoms with van der Waals surface area (Å²) in [5.74, 6) is 1.26. The van der Waals surface area contributed by atoms with E-state index >= 15 is 0 Å². The van der Waals surface area contributed by atoms with Crippen molar-refractivity contribution < 1.29 is 19.4 Å². The number of thioether (sulfide) groups is 1. The zero-order valence-corrected chi connectivity index (χ0v) is 13.9. The highest BCUT2D eigenvalue weighted by Gasteiger charge is 2.14. The Kier molecular flexibility index (Phi) is 5.12. The molecule has 0 saturated carbocycles. The summed E-state index contributed by atoms with van der Waals surface area (Å²) in [6.45, 7) is 0.307. The molecule has 2 aromatic carbocycles. The molecule has 2 amide bonds. The van der Waals surface area contributed by atoms with Crippen LogP contribution < -0.4 is 20.1 Å². The van der Waals surface area contributed by atoms with E-state index in [-0.39, 0.29) is 13.3 Å². The fourth-order valence-electron chi connectivity index (χ4n) is 2.28. The highest BCUT2D eigenvalue weighted by molar-refractivity contribution is 7.98. The number of hydrogen-bond acceptors (Lipinski definition) is 5. The predicted octanol–water partition coefficient (Wildman–Crippen LogP) is 2.99. The summed E-state index contributed by atoms with van der Waals surface area (Å²) >= 11 is 1.64.